The lowest BCUT2D eigenvalue weighted by Crippen LogP contribution is -2.33. The van der Waals surface area contributed by atoms with E-state index in [2.05, 4.69) is 15.4 Å². The van der Waals surface area contributed by atoms with Crippen molar-refractivity contribution in [3.8, 4) is 11.4 Å². The van der Waals surface area contributed by atoms with Crippen molar-refractivity contribution in [2.45, 2.75) is 25.5 Å². The molecule has 3 heterocycles. The van der Waals surface area contributed by atoms with Gasteiger partial charge in [0.15, 0.2) is 0 Å². The Kier molecular flexibility index (Phi) is 3.96. The molecule has 1 fully saturated rings. The fourth-order valence-electron chi connectivity index (χ4n) is 2.39. The first-order valence-electron chi connectivity index (χ1n) is 7.06. The zero-order valence-corrected chi connectivity index (χ0v) is 12.0. The summed E-state index contributed by atoms with van der Waals surface area (Å²) in [6, 6.07) is 5.82. The number of pyridine rings is 1. The number of hydrogen-bond acceptors (Lipinski definition) is 4. The number of aromatic nitrogens is 3. The molecule has 2 aromatic rings. The van der Waals surface area contributed by atoms with Gasteiger partial charge >= 0.3 is 0 Å². The Labute approximate surface area is 123 Å². The van der Waals surface area contributed by atoms with Crippen molar-refractivity contribution in [3.05, 3.63) is 36.2 Å². The third-order valence-electron chi connectivity index (χ3n) is 3.60. The van der Waals surface area contributed by atoms with Crippen LogP contribution < -0.4 is 5.32 Å². The van der Waals surface area contributed by atoms with Gasteiger partial charge in [0.2, 0.25) is 5.91 Å². The van der Waals surface area contributed by atoms with E-state index >= 15 is 0 Å². The van der Waals surface area contributed by atoms with Crippen molar-refractivity contribution in [2.24, 2.45) is 7.05 Å². The lowest BCUT2D eigenvalue weighted by molar-refractivity contribution is -0.130. The summed E-state index contributed by atoms with van der Waals surface area (Å²) >= 11 is 0. The normalized spacial score (nSPS) is 17.9. The van der Waals surface area contributed by atoms with Crippen LogP contribution in [0.3, 0.4) is 0 Å². The van der Waals surface area contributed by atoms with Crippen molar-refractivity contribution < 1.29 is 9.53 Å². The van der Waals surface area contributed by atoms with Crippen molar-refractivity contribution in [3.63, 3.8) is 0 Å². The van der Waals surface area contributed by atoms with Crippen molar-refractivity contribution >= 4 is 5.91 Å². The van der Waals surface area contributed by atoms with Crippen LogP contribution >= 0.6 is 0 Å². The number of carbonyl (C=O) groups is 1. The van der Waals surface area contributed by atoms with Gasteiger partial charge in [0.1, 0.15) is 6.10 Å². The maximum Gasteiger partial charge on any atom is 0.249 e. The number of ether oxygens (including phenoxy) is 1. The third-order valence-corrected chi connectivity index (χ3v) is 3.60. The summed E-state index contributed by atoms with van der Waals surface area (Å²) in [6.45, 7) is 1.15. The van der Waals surface area contributed by atoms with Crippen LogP contribution in [0.1, 0.15) is 18.4 Å². The van der Waals surface area contributed by atoms with Crippen LogP contribution in [-0.2, 0) is 23.1 Å². The summed E-state index contributed by atoms with van der Waals surface area (Å²) in [5.74, 6) is -0.0387. The summed E-state index contributed by atoms with van der Waals surface area (Å²) in [5.41, 5.74) is 2.79. The van der Waals surface area contributed by atoms with E-state index in [1.807, 2.05) is 25.2 Å². The number of amides is 1. The number of rotatable bonds is 4. The molecule has 1 saturated heterocycles. The van der Waals surface area contributed by atoms with Crippen LogP contribution in [0.2, 0.25) is 0 Å². The SMILES string of the molecule is Cn1nccc1-c1ccc(CNC(=O)C2CCCO2)cn1. The quantitative estimate of drug-likeness (QED) is 0.919. The molecule has 1 amide bonds. The molecule has 1 aliphatic rings. The molecule has 1 unspecified atom stereocenters. The van der Waals surface area contributed by atoms with Gasteiger partial charge in [-0.05, 0) is 30.5 Å². The largest absolute Gasteiger partial charge is 0.368 e. The van der Waals surface area contributed by atoms with E-state index in [0.29, 0.717) is 13.2 Å². The molecule has 1 aliphatic heterocycles. The Bertz CT molecular complexity index is 615. The zero-order chi connectivity index (χ0) is 14.7. The second-order valence-electron chi connectivity index (χ2n) is 5.11. The minimum absolute atomic E-state index is 0.0387. The van der Waals surface area contributed by atoms with Crippen LogP contribution in [0.25, 0.3) is 11.4 Å². The number of carbonyl (C=O) groups excluding carboxylic acids is 1. The number of nitrogens with one attached hydrogen (secondary N) is 1. The van der Waals surface area contributed by atoms with E-state index in [4.69, 9.17) is 4.74 Å². The van der Waals surface area contributed by atoms with Gasteiger partial charge in [-0.2, -0.15) is 5.10 Å². The molecule has 0 aromatic carbocycles. The molecular weight excluding hydrogens is 268 g/mol. The highest BCUT2D eigenvalue weighted by Gasteiger charge is 2.22. The zero-order valence-electron chi connectivity index (χ0n) is 12.0. The van der Waals surface area contributed by atoms with Gasteiger partial charge in [-0.25, -0.2) is 0 Å². The van der Waals surface area contributed by atoms with Crippen LogP contribution in [0.15, 0.2) is 30.6 Å². The maximum absolute atomic E-state index is 11.8. The van der Waals surface area contributed by atoms with Gasteiger partial charge in [-0.1, -0.05) is 6.07 Å². The van der Waals surface area contributed by atoms with Crippen LogP contribution in [0.5, 0.6) is 0 Å². The molecule has 110 valence electrons. The predicted molar refractivity (Wildman–Crippen MR) is 77.3 cm³/mol. The van der Waals surface area contributed by atoms with Crippen molar-refractivity contribution in [2.75, 3.05) is 6.61 Å². The van der Waals surface area contributed by atoms with Gasteiger partial charge in [0.05, 0.1) is 11.4 Å². The number of aryl methyl sites for hydroxylation is 1. The van der Waals surface area contributed by atoms with E-state index in [-0.39, 0.29) is 12.0 Å². The molecule has 6 heteroatoms. The number of nitrogens with zero attached hydrogens (tertiary/aromatic N) is 3. The fourth-order valence-corrected chi connectivity index (χ4v) is 2.39. The Balaban J connectivity index is 1.60. The van der Waals surface area contributed by atoms with Crippen molar-refractivity contribution in [1.29, 1.82) is 0 Å². The second-order valence-corrected chi connectivity index (χ2v) is 5.11. The fraction of sp³-hybridized carbons (Fsp3) is 0.400. The highest BCUT2D eigenvalue weighted by molar-refractivity contribution is 5.80. The smallest absolute Gasteiger partial charge is 0.249 e. The molecule has 21 heavy (non-hydrogen) atoms. The highest BCUT2D eigenvalue weighted by Crippen LogP contribution is 2.16. The predicted octanol–water partition coefficient (Wildman–Crippen LogP) is 1.28. The minimum Gasteiger partial charge on any atom is -0.368 e. The topological polar surface area (TPSA) is 69.0 Å². The molecule has 0 aliphatic carbocycles. The first-order chi connectivity index (χ1) is 10.2. The lowest BCUT2D eigenvalue weighted by atomic mass is 10.2. The highest BCUT2D eigenvalue weighted by atomic mass is 16.5. The Morgan fingerprint density at radius 3 is 3.00 bits per heavy atom. The summed E-state index contributed by atoms with van der Waals surface area (Å²) in [6.07, 6.45) is 5.00. The van der Waals surface area contributed by atoms with Crippen LogP contribution in [-0.4, -0.2) is 33.4 Å². The average molecular weight is 286 g/mol. The maximum atomic E-state index is 11.8. The molecule has 0 saturated carbocycles. The molecule has 0 bridgehead atoms. The molecule has 0 spiro atoms. The van der Waals surface area contributed by atoms with Gasteiger partial charge in [0.25, 0.3) is 0 Å². The van der Waals surface area contributed by atoms with E-state index in [1.54, 1.807) is 17.1 Å². The van der Waals surface area contributed by atoms with Crippen LogP contribution in [0, 0.1) is 0 Å². The lowest BCUT2D eigenvalue weighted by Gasteiger charge is -2.10. The molecule has 0 radical (unpaired) electrons. The molecular formula is C15H18N4O2. The van der Waals surface area contributed by atoms with E-state index in [1.165, 1.54) is 0 Å². The van der Waals surface area contributed by atoms with Gasteiger partial charge < -0.3 is 10.1 Å². The van der Waals surface area contributed by atoms with E-state index in [9.17, 15) is 4.79 Å². The molecule has 6 nitrogen and oxygen atoms in total. The first-order valence-corrected chi connectivity index (χ1v) is 7.06. The summed E-state index contributed by atoms with van der Waals surface area (Å²) in [7, 11) is 1.88. The van der Waals surface area contributed by atoms with E-state index in [0.717, 1.165) is 29.8 Å². The summed E-state index contributed by atoms with van der Waals surface area (Å²) in [4.78, 5) is 16.3. The van der Waals surface area contributed by atoms with E-state index < -0.39 is 0 Å². The minimum atomic E-state index is -0.285. The summed E-state index contributed by atoms with van der Waals surface area (Å²) in [5, 5.41) is 7.01. The Morgan fingerprint density at radius 2 is 2.38 bits per heavy atom. The molecule has 1 atom stereocenters. The van der Waals surface area contributed by atoms with Gasteiger partial charge in [-0.15, -0.1) is 0 Å². The standard InChI is InChI=1S/C15H18N4O2/c1-19-13(6-7-18-19)12-5-4-11(9-16-12)10-17-15(20)14-3-2-8-21-14/h4-7,9,14H,2-3,8,10H2,1H3,(H,17,20). The third kappa shape index (κ3) is 3.11. The second kappa shape index (κ2) is 6.05. The van der Waals surface area contributed by atoms with Crippen LogP contribution in [0.4, 0.5) is 0 Å². The monoisotopic (exact) mass is 286 g/mol. The molecule has 3 rings (SSSR count). The summed E-state index contributed by atoms with van der Waals surface area (Å²) < 4.78 is 7.13. The van der Waals surface area contributed by atoms with Gasteiger partial charge in [0, 0.05) is 32.6 Å². The molecule has 1 N–H and O–H groups in total. The van der Waals surface area contributed by atoms with Crippen molar-refractivity contribution in [1.82, 2.24) is 20.1 Å². The first kappa shape index (κ1) is 13.8. The number of hydrogen-bond donors (Lipinski definition) is 1. The molecule has 2 aromatic heterocycles. The Hall–Kier alpha value is -2.21. The van der Waals surface area contributed by atoms with Gasteiger partial charge in [-0.3, -0.25) is 14.5 Å². The Morgan fingerprint density at radius 1 is 1.48 bits per heavy atom. The average Bonchev–Trinajstić information content (AvgIpc) is 3.17.